The number of rotatable bonds is 16. The largest absolute Gasteiger partial charge is 0.481 e. The van der Waals surface area contributed by atoms with Gasteiger partial charge in [-0.2, -0.15) is 0 Å². The van der Waals surface area contributed by atoms with E-state index in [1.54, 1.807) is 6.20 Å². The minimum absolute atomic E-state index is 0.00349. The van der Waals surface area contributed by atoms with E-state index in [1.165, 1.54) is 0 Å². The van der Waals surface area contributed by atoms with Crippen LogP contribution in [-0.4, -0.2) is 69.0 Å². The Bertz CT molecular complexity index is 1190. The molecule has 12 heteroatoms. The number of carbonyl (C=O) groups is 5. The second-order valence-electron chi connectivity index (χ2n) is 10.9. The Balaban J connectivity index is 2.16. The summed E-state index contributed by atoms with van der Waals surface area (Å²) in [6, 6.07) is 3.00. The highest BCUT2D eigenvalue weighted by atomic mass is 16.4. The molecule has 1 heterocycles. The average molecular weight is 560 g/mol. The highest BCUT2D eigenvalue weighted by Gasteiger charge is 2.31. The number of benzene rings is 1. The lowest BCUT2D eigenvalue weighted by molar-refractivity contribution is -0.142. The number of para-hydroxylation sites is 1. The van der Waals surface area contributed by atoms with Gasteiger partial charge in [-0.15, -0.1) is 0 Å². The zero-order valence-electron chi connectivity index (χ0n) is 23.4. The van der Waals surface area contributed by atoms with Crippen molar-refractivity contribution in [3.8, 4) is 0 Å². The van der Waals surface area contributed by atoms with Crippen molar-refractivity contribution in [1.82, 2.24) is 20.9 Å². The Hall–Kier alpha value is -3.93. The normalized spacial score (nSPS) is 14.4. The number of carboxylic acid groups (broad SMARTS) is 2. The van der Waals surface area contributed by atoms with E-state index in [0.717, 1.165) is 16.5 Å². The minimum atomic E-state index is -1.24. The molecule has 220 valence electrons. The van der Waals surface area contributed by atoms with Crippen molar-refractivity contribution < 1.29 is 34.2 Å². The molecule has 0 bridgehead atoms. The SMILES string of the molecule is CC(C)CC(NC(=O)C(N)CCC(=O)O)C(=O)NC(CC(C)C)C(=O)NC(Cc1c[nH]c2ccccc12)C(=O)O. The van der Waals surface area contributed by atoms with Crippen LogP contribution >= 0.6 is 0 Å². The summed E-state index contributed by atoms with van der Waals surface area (Å²) in [5, 5.41) is 27.4. The fraction of sp³-hybridized carbons (Fsp3) is 0.536. The first kappa shape index (κ1) is 32.3. The minimum Gasteiger partial charge on any atom is -0.481 e. The monoisotopic (exact) mass is 559 g/mol. The standard InChI is InChI=1S/C28H41N5O7/c1-15(2)11-21(31-25(36)19(29)9-10-24(34)35)26(37)32-22(12-16(3)4)27(38)33-23(28(39)40)13-17-14-30-20-8-6-5-7-18(17)20/h5-8,14-16,19,21-23,30H,9-13,29H2,1-4H3,(H,31,36)(H,32,37)(H,33,38)(H,34,35)(H,39,40). The number of hydrogen-bond acceptors (Lipinski definition) is 6. The van der Waals surface area contributed by atoms with Crippen LogP contribution in [-0.2, 0) is 30.4 Å². The van der Waals surface area contributed by atoms with Crippen LogP contribution in [0.25, 0.3) is 10.9 Å². The smallest absolute Gasteiger partial charge is 0.326 e. The Morgan fingerprint density at radius 2 is 1.35 bits per heavy atom. The molecule has 0 radical (unpaired) electrons. The van der Waals surface area contributed by atoms with Crippen molar-refractivity contribution in [2.75, 3.05) is 0 Å². The first-order valence-corrected chi connectivity index (χ1v) is 13.4. The van der Waals surface area contributed by atoms with Gasteiger partial charge >= 0.3 is 11.9 Å². The lowest BCUT2D eigenvalue weighted by atomic mass is 9.99. The second-order valence-corrected chi connectivity index (χ2v) is 10.9. The van der Waals surface area contributed by atoms with Crippen LogP contribution in [0.1, 0.15) is 58.9 Å². The fourth-order valence-corrected chi connectivity index (χ4v) is 4.36. The van der Waals surface area contributed by atoms with E-state index in [2.05, 4.69) is 20.9 Å². The molecule has 2 aromatic rings. The van der Waals surface area contributed by atoms with Crippen molar-refractivity contribution in [3.05, 3.63) is 36.0 Å². The number of hydrogen-bond donors (Lipinski definition) is 7. The van der Waals surface area contributed by atoms with E-state index in [1.807, 2.05) is 52.0 Å². The van der Waals surface area contributed by atoms with Crippen LogP contribution in [0.2, 0.25) is 0 Å². The molecule has 40 heavy (non-hydrogen) atoms. The molecule has 0 aliphatic carbocycles. The predicted octanol–water partition coefficient (Wildman–Crippen LogP) is 1.53. The van der Waals surface area contributed by atoms with Crippen molar-refractivity contribution in [1.29, 1.82) is 0 Å². The molecule has 0 saturated carbocycles. The van der Waals surface area contributed by atoms with Crippen LogP contribution in [0, 0.1) is 11.8 Å². The maximum atomic E-state index is 13.3. The molecular formula is C28H41N5O7. The Morgan fingerprint density at radius 1 is 0.825 bits per heavy atom. The van der Waals surface area contributed by atoms with E-state index in [-0.39, 0.29) is 43.9 Å². The number of amides is 3. The maximum absolute atomic E-state index is 13.3. The Morgan fingerprint density at radius 3 is 1.88 bits per heavy atom. The lowest BCUT2D eigenvalue weighted by Gasteiger charge is -2.26. The average Bonchev–Trinajstić information content (AvgIpc) is 3.28. The number of aliphatic carboxylic acids is 2. The molecule has 0 fully saturated rings. The van der Waals surface area contributed by atoms with Crippen molar-refractivity contribution in [2.45, 2.75) is 84.0 Å². The van der Waals surface area contributed by atoms with Crippen molar-refractivity contribution in [2.24, 2.45) is 17.6 Å². The maximum Gasteiger partial charge on any atom is 0.326 e. The molecular weight excluding hydrogens is 518 g/mol. The van der Waals surface area contributed by atoms with Gasteiger partial charge < -0.3 is 36.9 Å². The van der Waals surface area contributed by atoms with Crippen molar-refractivity contribution in [3.63, 3.8) is 0 Å². The zero-order valence-corrected chi connectivity index (χ0v) is 23.4. The number of aromatic amines is 1. The summed E-state index contributed by atoms with van der Waals surface area (Å²) < 4.78 is 0. The highest BCUT2D eigenvalue weighted by Crippen LogP contribution is 2.19. The van der Waals surface area contributed by atoms with Crippen LogP contribution in [0.4, 0.5) is 0 Å². The number of nitrogens with two attached hydrogens (primary N) is 1. The molecule has 12 nitrogen and oxygen atoms in total. The number of carbonyl (C=O) groups excluding carboxylic acids is 3. The van der Waals surface area contributed by atoms with Gasteiger partial charge in [0.25, 0.3) is 0 Å². The van der Waals surface area contributed by atoms with Crippen LogP contribution in [0.5, 0.6) is 0 Å². The molecule has 0 aliphatic rings. The number of H-pyrrole nitrogens is 1. The zero-order chi connectivity index (χ0) is 30.0. The van der Waals surface area contributed by atoms with E-state index in [4.69, 9.17) is 10.8 Å². The van der Waals surface area contributed by atoms with Gasteiger partial charge in [0.1, 0.15) is 18.1 Å². The molecule has 0 aliphatic heterocycles. The predicted molar refractivity (Wildman–Crippen MR) is 149 cm³/mol. The molecule has 0 saturated heterocycles. The number of nitrogens with one attached hydrogen (secondary N) is 4. The van der Waals surface area contributed by atoms with E-state index >= 15 is 0 Å². The van der Waals surface area contributed by atoms with Gasteiger partial charge in [-0.3, -0.25) is 19.2 Å². The van der Waals surface area contributed by atoms with Gasteiger partial charge in [0.2, 0.25) is 17.7 Å². The van der Waals surface area contributed by atoms with Gasteiger partial charge in [-0.05, 0) is 42.7 Å². The van der Waals surface area contributed by atoms with E-state index in [0.29, 0.717) is 0 Å². The molecule has 8 N–H and O–H groups in total. The lowest BCUT2D eigenvalue weighted by Crippen LogP contribution is -2.57. The van der Waals surface area contributed by atoms with Gasteiger partial charge in [0, 0.05) is 29.9 Å². The van der Waals surface area contributed by atoms with Crippen molar-refractivity contribution >= 4 is 40.6 Å². The van der Waals surface area contributed by atoms with Gasteiger partial charge in [-0.25, -0.2) is 4.79 Å². The summed E-state index contributed by atoms with van der Waals surface area (Å²) >= 11 is 0. The van der Waals surface area contributed by atoms with Gasteiger partial charge in [0.15, 0.2) is 0 Å². The summed E-state index contributed by atoms with van der Waals surface area (Å²) in [4.78, 5) is 65.1. The van der Waals surface area contributed by atoms with Gasteiger partial charge in [-0.1, -0.05) is 45.9 Å². The quantitative estimate of drug-likeness (QED) is 0.160. The first-order chi connectivity index (χ1) is 18.8. The van der Waals surface area contributed by atoms with E-state index < -0.39 is 53.8 Å². The Labute approximate surface area is 233 Å². The highest BCUT2D eigenvalue weighted by molar-refractivity contribution is 5.94. The third kappa shape index (κ3) is 9.99. The number of carboxylic acids is 2. The molecule has 1 aromatic heterocycles. The molecule has 3 amide bonds. The summed E-state index contributed by atoms with van der Waals surface area (Å²) in [6.07, 6.45) is 1.83. The molecule has 2 rings (SSSR count). The third-order valence-electron chi connectivity index (χ3n) is 6.40. The molecule has 4 unspecified atom stereocenters. The summed E-state index contributed by atoms with van der Waals surface area (Å²) in [5.41, 5.74) is 7.38. The van der Waals surface area contributed by atoms with Crippen LogP contribution in [0.15, 0.2) is 30.5 Å². The molecule has 1 aromatic carbocycles. The number of aromatic nitrogens is 1. The Kier molecular flexibility index (Phi) is 12.1. The summed E-state index contributed by atoms with van der Waals surface area (Å²) in [7, 11) is 0. The number of fused-ring (bicyclic) bond motifs is 1. The topological polar surface area (TPSA) is 204 Å². The van der Waals surface area contributed by atoms with E-state index in [9.17, 15) is 29.1 Å². The molecule has 4 atom stereocenters. The third-order valence-corrected chi connectivity index (χ3v) is 6.40. The first-order valence-electron chi connectivity index (χ1n) is 13.4. The summed E-state index contributed by atoms with van der Waals surface area (Å²) in [6.45, 7) is 7.44. The second kappa shape index (κ2) is 15.0. The van der Waals surface area contributed by atoms with Crippen LogP contribution < -0.4 is 21.7 Å². The van der Waals surface area contributed by atoms with Gasteiger partial charge in [0.05, 0.1) is 6.04 Å². The summed E-state index contributed by atoms with van der Waals surface area (Å²) in [5.74, 6) is -4.26. The fourth-order valence-electron chi connectivity index (χ4n) is 4.36. The van der Waals surface area contributed by atoms with Crippen LogP contribution in [0.3, 0.4) is 0 Å². The molecule has 0 spiro atoms.